The van der Waals surface area contributed by atoms with Crippen molar-refractivity contribution in [1.29, 1.82) is 0 Å². The van der Waals surface area contributed by atoms with E-state index >= 15 is 0 Å². The molecule has 0 aliphatic rings. The van der Waals surface area contributed by atoms with Crippen LogP contribution >= 0.6 is 0 Å². The first-order valence-electron chi connectivity index (χ1n) is 5.91. The van der Waals surface area contributed by atoms with Crippen molar-refractivity contribution in [2.24, 2.45) is 0 Å². The van der Waals surface area contributed by atoms with Gasteiger partial charge in [-0.3, -0.25) is 0 Å². The Hall–Kier alpha value is -2.05. The number of esters is 2. The van der Waals surface area contributed by atoms with Crippen LogP contribution in [0.25, 0.3) is 0 Å². The fourth-order valence-corrected chi connectivity index (χ4v) is 0.943. The van der Waals surface area contributed by atoms with Gasteiger partial charge in [0.2, 0.25) is 0 Å². The van der Waals surface area contributed by atoms with Crippen molar-refractivity contribution >= 4 is 18.0 Å². The summed E-state index contributed by atoms with van der Waals surface area (Å²) < 4.78 is 14.1. The minimum atomic E-state index is -0.689. The molecule has 0 atom stereocenters. The second-order valence-electron chi connectivity index (χ2n) is 3.63. The monoisotopic (exact) mass is 273 g/mol. The molecule has 1 N–H and O–H groups in total. The lowest BCUT2D eigenvalue weighted by molar-refractivity contribution is -0.142. The Balaban J connectivity index is 3.73. The standard InChI is InChI=1S/C12H19NO6/c1-4-17-12(16)13-7-8-18-10(14)5-6-11(15)19-9(2)3/h5-6,9H,4,7-8H2,1-3H3,(H,13,16)/b6-5+. The second kappa shape index (κ2) is 9.93. The van der Waals surface area contributed by atoms with Gasteiger partial charge in [-0.2, -0.15) is 0 Å². The highest BCUT2D eigenvalue weighted by Crippen LogP contribution is 1.91. The predicted molar refractivity (Wildman–Crippen MR) is 66.4 cm³/mol. The van der Waals surface area contributed by atoms with E-state index in [1.54, 1.807) is 20.8 Å². The third-order valence-corrected chi connectivity index (χ3v) is 1.60. The van der Waals surface area contributed by atoms with Crippen LogP contribution in [0.4, 0.5) is 4.79 Å². The summed E-state index contributed by atoms with van der Waals surface area (Å²) in [6, 6.07) is 0. The largest absolute Gasteiger partial charge is 0.461 e. The predicted octanol–water partition coefficient (Wildman–Crippen LogP) is 0.783. The molecule has 0 aliphatic heterocycles. The Kier molecular flexibility index (Phi) is 8.86. The molecule has 0 heterocycles. The topological polar surface area (TPSA) is 90.9 Å². The molecular formula is C12H19NO6. The molecule has 0 aromatic heterocycles. The molecule has 7 heteroatoms. The normalized spacial score (nSPS) is 10.3. The van der Waals surface area contributed by atoms with Crippen LogP contribution in [0.1, 0.15) is 20.8 Å². The highest BCUT2D eigenvalue weighted by molar-refractivity contribution is 5.91. The van der Waals surface area contributed by atoms with Crippen molar-refractivity contribution in [3.63, 3.8) is 0 Å². The maximum atomic E-state index is 11.1. The summed E-state index contributed by atoms with van der Waals surface area (Å²) >= 11 is 0. The number of ether oxygens (including phenoxy) is 3. The Morgan fingerprint density at radius 1 is 1.11 bits per heavy atom. The number of amides is 1. The lowest BCUT2D eigenvalue weighted by Crippen LogP contribution is -2.28. The molecule has 0 radical (unpaired) electrons. The van der Waals surface area contributed by atoms with Gasteiger partial charge in [-0.05, 0) is 20.8 Å². The molecule has 0 aliphatic carbocycles. The highest BCUT2D eigenvalue weighted by Gasteiger charge is 2.03. The number of rotatable bonds is 7. The van der Waals surface area contributed by atoms with Crippen molar-refractivity contribution < 1.29 is 28.6 Å². The van der Waals surface area contributed by atoms with E-state index in [0.717, 1.165) is 12.2 Å². The number of hydrogen-bond donors (Lipinski definition) is 1. The number of carbonyl (C=O) groups excluding carboxylic acids is 3. The van der Waals surface area contributed by atoms with Crippen LogP contribution in [-0.4, -0.2) is 43.9 Å². The molecule has 0 saturated carbocycles. The van der Waals surface area contributed by atoms with Crippen LogP contribution in [0.3, 0.4) is 0 Å². The summed E-state index contributed by atoms with van der Waals surface area (Å²) in [5, 5.41) is 2.38. The summed E-state index contributed by atoms with van der Waals surface area (Å²) in [5.74, 6) is -1.30. The van der Waals surface area contributed by atoms with Gasteiger partial charge in [0.15, 0.2) is 0 Å². The molecule has 0 bridgehead atoms. The molecule has 0 unspecified atom stereocenters. The molecule has 0 spiro atoms. The summed E-state index contributed by atoms with van der Waals surface area (Å²) in [6.07, 6.45) is 1.13. The Morgan fingerprint density at radius 3 is 2.32 bits per heavy atom. The minimum Gasteiger partial charge on any atom is -0.461 e. The van der Waals surface area contributed by atoms with Crippen LogP contribution in [0.15, 0.2) is 12.2 Å². The summed E-state index contributed by atoms with van der Waals surface area (Å²) in [6.45, 7) is 5.47. The van der Waals surface area contributed by atoms with E-state index in [9.17, 15) is 14.4 Å². The molecule has 1 amide bonds. The van der Waals surface area contributed by atoms with E-state index < -0.39 is 18.0 Å². The zero-order valence-electron chi connectivity index (χ0n) is 11.3. The quantitative estimate of drug-likeness (QED) is 0.319. The van der Waals surface area contributed by atoms with Crippen LogP contribution in [-0.2, 0) is 23.8 Å². The maximum Gasteiger partial charge on any atom is 0.407 e. The van der Waals surface area contributed by atoms with Gasteiger partial charge in [-0.25, -0.2) is 14.4 Å². The zero-order valence-corrected chi connectivity index (χ0v) is 11.3. The van der Waals surface area contributed by atoms with Crippen molar-refractivity contribution in [1.82, 2.24) is 5.32 Å². The van der Waals surface area contributed by atoms with E-state index in [1.807, 2.05) is 0 Å². The lowest BCUT2D eigenvalue weighted by atomic mass is 10.4. The first-order chi connectivity index (χ1) is 8.95. The fraction of sp³-hybridized carbons (Fsp3) is 0.583. The van der Waals surface area contributed by atoms with Gasteiger partial charge in [0.1, 0.15) is 6.61 Å². The molecule has 7 nitrogen and oxygen atoms in total. The first-order valence-corrected chi connectivity index (χ1v) is 5.91. The van der Waals surface area contributed by atoms with Gasteiger partial charge < -0.3 is 19.5 Å². The van der Waals surface area contributed by atoms with E-state index in [4.69, 9.17) is 9.47 Å². The minimum absolute atomic E-state index is 0.0127. The van der Waals surface area contributed by atoms with Crippen LogP contribution in [0, 0.1) is 0 Å². The fourth-order valence-electron chi connectivity index (χ4n) is 0.943. The molecule has 0 aromatic carbocycles. The third kappa shape index (κ3) is 10.8. The van der Waals surface area contributed by atoms with Crippen molar-refractivity contribution in [3.8, 4) is 0 Å². The van der Waals surface area contributed by atoms with Gasteiger partial charge >= 0.3 is 18.0 Å². The zero-order chi connectivity index (χ0) is 14.7. The van der Waals surface area contributed by atoms with E-state index in [0.29, 0.717) is 0 Å². The molecule has 108 valence electrons. The lowest BCUT2D eigenvalue weighted by Gasteiger charge is -2.05. The Labute approximate surface area is 111 Å². The number of nitrogens with one attached hydrogen (secondary N) is 1. The number of carbonyl (C=O) groups is 3. The first kappa shape index (κ1) is 16.9. The van der Waals surface area contributed by atoms with Crippen LogP contribution in [0.5, 0.6) is 0 Å². The van der Waals surface area contributed by atoms with E-state index in [-0.39, 0.29) is 25.9 Å². The van der Waals surface area contributed by atoms with Crippen molar-refractivity contribution in [2.45, 2.75) is 26.9 Å². The van der Waals surface area contributed by atoms with Crippen LogP contribution in [0.2, 0.25) is 0 Å². The smallest absolute Gasteiger partial charge is 0.407 e. The highest BCUT2D eigenvalue weighted by atomic mass is 16.6. The van der Waals surface area contributed by atoms with Crippen molar-refractivity contribution in [2.75, 3.05) is 19.8 Å². The second-order valence-corrected chi connectivity index (χ2v) is 3.63. The van der Waals surface area contributed by atoms with Gasteiger partial charge in [-0.1, -0.05) is 0 Å². The summed E-state index contributed by atoms with van der Waals surface area (Å²) in [5.41, 5.74) is 0. The number of alkyl carbamates (subject to hydrolysis) is 1. The Bertz CT molecular complexity index is 337. The average Bonchev–Trinajstić information content (AvgIpc) is 2.31. The van der Waals surface area contributed by atoms with Gasteiger partial charge in [0, 0.05) is 12.2 Å². The van der Waals surface area contributed by atoms with Gasteiger partial charge in [0.25, 0.3) is 0 Å². The molecule has 19 heavy (non-hydrogen) atoms. The van der Waals surface area contributed by atoms with E-state index in [2.05, 4.69) is 10.1 Å². The summed E-state index contributed by atoms with van der Waals surface area (Å²) in [4.78, 5) is 33.1. The molecular weight excluding hydrogens is 254 g/mol. The molecule has 0 saturated heterocycles. The van der Waals surface area contributed by atoms with E-state index in [1.165, 1.54) is 0 Å². The molecule has 0 aromatic rings. The maximum absolute atomic E-state index is 11.1. The number of hydrogen-bond acceptors (Lipinski definition) is 6. The summed E-state index contributed by atoms with van der Waals surface area (Å²) in [7, 11) is 0. The van der Waals surface area contributed by atoms with Gasteiger partial charge in [0.05, 0.1) is 19.3 Å². The Morgan fingerprint density at radius 2 is 1.74 bits per heavy atom. The van der Waals surface area contributed by atoms with Crippen molar-refractivity contribution in [3.05, 3.63) is 12.2 Å². The van der Waals surface area contributed by atoms with Crippen LogP contribution < -0.4 is 5.32 Å². The average molecular weight is 273 g/mol. The van der Waals surface area contributed by atoms with Gasteiger partial charge in [-0.15, -0.1) is 0 Å². The SMILES string of the molecule is CCOC(=O)NCCOC(=O)/C=C/C(=O)OC(C)C. The molecule has 0 rings (SSSR count). The molecule has 0 fully saturated rings. The third-order valence-electron chi connectivity index (χ3n) is 1.60.